The summed E-state index contributed by atoms with van der Waals surface area (Å²) in [6.07, 6.45) is -3.59. The van der Waals surface area contributed by atoms with E-state index in [1.807, 2.05) is 24.3 Å². The molecule has 0 radical (unpaired) electrons. The predicted octanol–water partition coefficient (Wildman–Crippen LogP) is 1.14. The number of aromatic nitrogens is 4. The molecule has 13 heteroatoms. The van der Waals surface area contributed by atoms with Gasteiger partial charge in [0.15, 0.2) is 5.65 Å². The Bertz CT molecular complexity index is 1240. The number of benzene rings is 1. The van der Waals surface area contributed by atoms with Crippen molar-refractivity contribution in [1.82, 2.24) is 30.0 Å². The lowest BCUT2D eigenvalue weighted by Crippen LogP contribution is -2.40. The Morgan fingerprint density at radius 2 is 1.97 bits per heavy atom. The summed E-state index contributed by atoms with van der Waals surface area (Å²) in [7, 11) is 3.46. The lowest BCUT2D eigenvalue weighted by Gasteiger charge is -2.29. The number of carbonyl (C=O) groups excluding carboxylic acids is 1. The standard InChI is InChI=1S/C18H20N6O2.C2HF3O2/c1-23(10-15-21-16-14(17(25)22-15)9-20-24(16)2)18(26)13-8-19-7-11-5-3-4-6-12(11)13;3-2(4,5)1(6)7/h3-6,9,13,19H,7-8,10H2,1-2H3,(H,21,22,25);(H,6,7). The number of halogens is 3. The number of carboxylic acids is 1. The van der Waals surface area contributed by atoms with E-state index >= 15 is 0 Å². The van der Waals surface area contributed by atoms with Gasteiger partial charge in [0.2, 0.25) is 5.91 Å². The molecular formula is C20H21F3N6O4. The number of nitrogens with one attached hydrogen (secondary N) is 2. The Morgan fingerprint density at radius 3 is 2.64 bits per heavy atom. The number of nitrogens with zero attached hydrogens (tertiary/aromatic N) is 4. The minimum Gasteiger partial charge on any atom is -0.475 e. The highest BCUT2D eigenvalue weighted by Gasteiger charge is 2.38. The molecule has 2 aromatic heterocycles. The number of alkyl halides is 3. The van der Waals surface area contributed by atoms with Crippen LogP contribution in [0.3, 0.4) is 0 Å². The number of H-pyrrole nitrogens is 1. The van der Waals surface area contributed by atoms with E-state index < -0.39 is 12.1 Å². The van der Waals surface area contributed by atoms with Crippen LogP contribution in [0.15, 0.2) is 35.3 Å². The van der Waals surface area contributed by atoms with E-state index in [9.17, 15) is 22.8 Å². The third-order valence-electron chi connectivity index (χ3n) is 5.05. The molecule has 4 rings (SSSR count). The zero-order valence-electron chi connectivity index (χ0n) is 17.7. The van der Waals surface area contributed by atoms with Gasteiger partial charge >= 0.3 is 12.1 Å². The molecule has 0 saturated heterocycles. The van der Waals surface area contributed by atoms with Crippen LogP contribution in [0.5, 0.6) is 0 Å². The van der Waals surface area contributed by atoms with Crippen LogP contribution in [0.25, 0.3) is 11.0 Å². The molecule has 1 amide bonds. The van der Waals surface area contributed by atoms with Gasteiger partial charge in [0, 0.05) is 27.2 Å². The minimum atomic E-state index is -5.08. The molecule has 1 aliphatic rings. The van der Waals surface area contributed by atoms with Crippen molar-refractivity contribution in [2.75, 3.05) is 13.6 Å². The summed E-state index contributed by atoms with van der Waals surface area (Å²) in [5, 5.41) is 14.9. The number of aliphatic carboxylic acids is 1. The number of hydrogen-bond donors (Lipinski definition) is 3. The van der Waals surface area contributed by atoms with E-state index in [2.05, 4.69) is 20.4 Å². The van der Waals surface area contributed by atoms with Crippen LogP contribution >= 0.6 is 0 Å². The Balaban J connectivity index is 0.000000383. The van der Waals surface area contributed by atoms with Gasteiger partial charge in [-0.25, -0.2) is 9.78 Å². The van der Waals surface area contributed by atoms with Gasteiger partial charge in [-0.2, -0.15) is 18.3 Å². The van der Waals surface area contributed by atoms with Crippen molar-refractivity contribution in [3.8, 4) is 0 Å². The average molecular weight is 466 g/mol. The van der Waals surface area contributed by atoms with Crippen LogP contribution in [-0.2, 0) is 29.7 Å². The Labute approximate surface area is 185 Å². The minimum absolute atomic E-state index is 0.00241. The Kier molecular flexibility index (Phi) is 6.81. The molecule has 1 aromatic carbocycles. The second-order valence-electron chi connectivity index (χ2n) is 7.40. The van der Waals surface area contributed by atoms with Crippen molar-refractivity contribution >= 4 is 22.9 Å². The molecule has 0 bridgehead atoms. The summed E-state index contributed by atoms with van der Waals surface area (Å²) in [6, 6.07) is 7.99. The average Bonchev–Trinajstić information content (AvgIpc) is 3.14. The molecule has 0 aliphatic carbocycles. The number of aryl methyl sites for hydroxylation is 1. The molecule has 3 aromatic rings. The first-order valence-electron chi connectivity index (χ1n) is 9.73. The van der Waals surface area contributed by atoms with Gasteiger partial charge in [-0.05, 0) is 11.1 Å². The zero-order valence-corrected chi connectivity index (χ0v) is 17.7. The van der Waals surface area contributed by atoms with E-state index in [0.717, 1.165) is 17.7 Å². The molecule has 1 unspecified atom stereocenters. The van der Waals surface area contributed by atoms with E-state index in [0.29, 0.717) is 23.4 Å². The maximum absolute atomic E-state index is 13.0. The van der Waals surface area contributed by atoms with Crippen LogP contribution in [0.2, 0.25) is 0 Å². The van der Waals surface area contributed by atoms with Crippen molar-refractivity contribution in [2.45, 2.75) is 25.2 Å². The van der Waals surface area contributed by atoms with Crippen molar-refractivity contribution in [1.29, 1.82) is 0 Å². The molecule has 0 saturated carbocycles. The van der Waals surface area contributed by atoms with Crippen LogP contribution < -0.4 is 10.9 Å². The van der Waals surface area contributed by atoms with Crippen molar-refractivity contribution in [3.63, 3.8) is 0 Å². The molecule has 176 valence electrons. The molecule has 3 N–H and O–H groups in total. The number of fused-ring (bicyclic) bond motifs is 2. The van der Waals surface area contributed by atoms with Crippen molar-refractivity contribution in [2.24, 2.45) is 7.05 Å². The molecule has 1 atom stereocenters. The van der Waals surface area contributed by atoms with E-state index in [-0.39, 0.29) is 23.9 Å². The quantitative estimate of drug-likeness (QED) is 0.527. The molecule has 3 heterocycles. The second-order valence-corrected chi connectivity index (χ2v) is 7.40. The highest BCUT2D eigenvalue weighted by atomic mass is 19.4. The van der Waals surface area contributed by atoms with Crippen molar-refractivity contribution in [3.05, 3.63) is 57.8 Å². The summed E-state index contributed by atoms with van der Waals surface area (Å²) in [4.78, 5) is 42.8. The summed E-state index contributed by atoms with van der Waals surface area (Å²) in [5.74, 6) is -2.55. The number of carbonyl (C=O) groups is 2. The highest BCUT2D eigenvalue weighted by Crippen LogP contribution is 2.25. The summed E-state index contributed by atoms with van der Waals surface area (Å²) >= 11 is 0. The largest absolute Gasteiger partial charge is 0.490 e. The fraction of sp³-hybridized carbons (Fsp3) is 0.350. The number of carboxylic acid groups (broad SMARTS) is 1. The van der Waals surface area contributed by atoms with Gasteiger partial charge in [-0.3, -0.25) is 14.3 Å². The van der Waals surface area contributed by atoms with E-state index in [1.54, 1.807) is 23.7 Å². The zero-order chi connectivity index (χ0) is 24.3. The first-order valence-corrected chi connectivity index (χ1v) is 9.73. The van der Waals surface area contributed by atoms with Gasteiger partial charge in [-0.15, -0.1) is 0 Å². The topological polar surface area (TPSA) is 133 Å². The molecular weight excluding hydrogens is 445 g/mol. The predicted molar refractivity (Wildman–Crippen MR) is 110 cm³/mol. The normalized spacial score (nSPS) is 15.4. The van der Waals surface area contributed by atoms with Gasteiger partial charge in [0.05, 0.1) is 18.7 Å². The summed E-state index contributed by atoms with van der Waals surface area (Å²) < 4.78 is 33.3. The number of likely N-dealkylation sites (N-methyl/N-ethyl adjacent to an activating group) is 1. The monoisotopic (exact) mass is 466 g/mol. The fourth-order valence-corrected chi connectivity index (χ4v) is 3.44. The van der Waals surface area contributed by atoms with E-state index in [4.69, 9.17) is 9.90 Å². The SMILES string of the molecule is CN(Cc1nc2c(cnn2C)c(=O)[nH]1)C(=O)C1CNCc2ccccc21.O=C(O)C(F)(F)F. The Hall–Kier alpha value is -3.74. The van der Waals surface area contributed by atoms with Crippen LogP contribution in [0.4, 0.5) is 13.2 Å². The Morgan fingerprint density at radius 1 is 1.30 bits per heavy atom. The molecule has 33 heavy (non-hydrogen) atoms. The molecule has 10 nitrogen and oxygen atoms in total. The first-order chi connectivity index (χ1) is 15.5. The summed E-state index contributed by atoms with van der Waals surface area (Å²) in [5.41, 5.74) is 2.47. The van der Waals surface area contributed by atoms with Gasteiger partial charge < -0.3 is 20.3 Å². The lowest BCUT2D eigenvalue weighted by molar-refractivity contribution is -0.192. The number of aromatic amines is 1. The van der Waals surface area contributed by atoms with Gasteiger partial charge in [-0.1, -0.05) is 24.3 Å². The highest BCUT2D eigenvalue weighted by molar-refractivity contribution is 5.84. The van der Waals surface area contributed by atoms with Crippen molar-refractivity contribution < 1.29 is 27.9 Å². The third kappa shape index (κ3) is 5.37. The second kappa shape index (κ2) is 9.40. The summed E-state index contributed by atoms with van der Waals surface area (Å²) in [6.45, 7) is 1.61. The fourth-order valence-electron chi connectivity index (χ4n) is 3.44. The van der Waals surface area contributed by atoms with Crippen LogP contribution in [0, 0.1) is 0 Å². The first kappa shape index (κ1) is 23.9. The lowest BCUT2D eigenvalue weighted by atomic mass is 9.90. The van der Waals surface area contributed by atoms with E-state index in [1.165, 1.54) is 6.20 Å². The third-order valence-corrected chi connectivity index (χ3v) is 5.05. The maximum atomic E-state index is 13.0. The molecule has 0 spiro atoms. The van der Waals surface area contributed by atoms with Crippen LogP contribution in [0.1, 0.15) is 22.9 Å². The molecule has 0 fully saturated rings. The number of hydrogen-bond acceptors (Lipinski definition) is 6. The molecule has 1 aliphatic heterocycles. The number of rotatable bonds is 3. The van der Waals surface area contributed by atoms with Crippen LogP contribution in [-0.4, -0.2) is 61.4 Å². The van der Waals surface area contributed by atoms with Gasteiger partial charge in [0.1, 0.15) is 11.2 Å². The smallest absolute Gasteiger partial charge is 0.475 e. The maximum Gasteiger partial charge on any atom is 0.490 e. The number of amides is 1. The van der Waals surface area contributed by atoms with Gasteiger partial charge in [0.25, 0.3) is 5.56 Å².